The van der Waals surface area contributed by atoms with Crippen LogP contribution in [0.25, 0.3) is 0 Å². The van der Waals surface area contributed by atoms with Gasteiger partial charge in [0.2, 0.25) is 0 Å². The van der Waals surface area contributed by atoms with Crippen LogP contribution in [0.15, 0.2) is 48.5 Å². The summed E-state index contributed by atoms with van der Waals surface area (Å²) < 4.78 is 11.5. The molecule has 26 heavy (non-hydrogen) atoms. The molecule has 2 heterocycles. The van der Waals surface area contributed by atoms with Gasteiger partial charge in [-0.1, -0.05) is 36.4 Å². The normalized spacial score (nSPS) is 19.1. The zero-order valence-electron chi connectivity index (χ0n) is 14.8. The number of fused-ring (bicyclic) bond motifs is 1. The number of ether oxygens (including phenoxy) is 2. The van der Waals surface area contributed by atoms with Crippen LogP contribution in [0.5, 0.6) is 11.5 Å². The second kappa shape index (κ2) is 7.68. The van der Waals surface area contributed by atoms with Crippen LogP contribution in [0.1, 0.15) is 36.4 Å². The van der Waals surface area contributed by atoms with Gasteiger partial charge < -0.3 is 19.7 Å². The summed E-state index contributed by atoms with van der Waals surface area (Å²) in [6.07, 6.45) is 2.87. The highest BCUT2D eigenvalue weighted by atomic mass is 16.5. The number of nitrogens with zero attached hydrogens (tertiary/aromatic N) is 1. The van der Waals surface area contributed by atoms with Crippen molar-refractivity contribution in [3.05, 3.63) is 59.7 Å². The van der Waals surface area contributed by atoms with Gasteiger partial charge in [-0.25, -0.2) is 4.79 Å². The van der Waals surface area contributed by atoms with E-state index in [4.69, 9.17) is 9.47 Å². The predicted octanol–water partition coefficient (Wildman–Crippen LogP) is 3.89. The maximum absolute atomic E-state index is 12.7. The largest absolute Gasteiger partial charge is 0.490 e. The molecule has 0 unspecified atom stereocenters. The van der Waals surface area contributed by atoms with Gasteiger partial charge in [-0.05, 0) is 36.1 Å². The molecule has 0 bridgehead atoms. The Bertz CT molecular complexity index is 763. The van der Waals surface area contributed by atoms with Gasteiger partial charge in [0.25, 0.3) is 0 Å². The first kappa shape index (κ1) is 16.8. The molecule has 0 saturated carbocycles. The molecule has 0 aliphatic carbocycles. The molecular weight excluding hydrogens is 328 g/mol. The Kier molecular flexibility index (Phi) is 4.95. The number of amides is 2. The number of urea groups is 1. The monoisotopic (exact) mass is 352 g/mol. The molecule has 0 radical (unpaired) electrons. The maximum Gasteiger partial charge on any atom is 0.318 e. The van der Waals surface area contributed by atoms with Crippen LogP contribution in [-0.4, -0.2) is 30.7 Å². The van der Waals surface area contributed by atoms with Gasteiger partial charge in [0.05, 0.1) is 19.3 Å². The molecule has 136 valence electrons. The minimum atomic E-state index is -0.0107. The Balaban J connectivity index is 1.46. The van der Waals surface area contributed by atoms with Gasteiger partial charge in [-0.3, -0.25) is 0 Å². The quantitative estimate of drug-likeness (QED) is 0.912. The van der Waals surface area contributed by atoms with Crippen molar-refractivity contribution in [2.75, 3.05) is 19.8 Å². The van der Waals surface area contributed by atoms with Gasteiger partial charge in [0.1, 0.15) is 0 Å². The standard InChI is InChI=1S/C21H24N2O3/c24-21(22-15-16-6-2-1-3-7-16)23-11-4-8-18(23)17-9-10-19-20(14-17)26-13-5-12-25-19/h1-3,6-7,9-10,14,18H,4-5,8,11-13,15H2,(H,22,24)/t18-/m1/s1. The zero-order chi connectivity index (χ0) is 17.8. The van der Waals surface area contributed by atoms with Crippen LogP contribution in [0, 0.1) is 0 Å². The molecule has 1 saturated heterocycles. The molecule has 5 nitrogen and oxygen atoms in total. The van der Waals surface area contributed by atoms with Crippen molar-refractivity contribution >= 4 is 6.03 Å². The molecule has 2 aliphatic heterocycles. The first-order valence-corrected chi connectivity index (χ1v) is 9.29. The number of benzene rings is 2. The van der Waals surface area contributed by atoms with Gasteiger partial charge >= 0.3 is 6.03 Å². The fraction of sp³-hybridized carbons (Fsp3) is 0.381. The van der Waals surface area contributed by atoms with E-state index in [9.17, 15) is 4.79 Å². The smallest absolute Gasteiger partial charge is 0.318 e. The van der Waals surface area contributed by atoms with Crippen LogP contribution in [-0.2, 0) is 6.54 Å². The SMILES string of the molecule is O=C(NCc1ccccc1)N1CCC[C@@H]1c1ccc2c(c1)OCCCO2. The lowest BCUT2D eigenvalue weighted by Gasteiger charge is -2.26. The lowest BCUT2D eigenvalue weighted by Crippen LogP contribution is -2.39. The van der Waals surface area contributed by atoms with Crippen molar-refractivity contribution in [2.24, 2.45) is 0 Å². The second-order valence-corrected chi connectivity index (χ2v) is 6.75. The Morgan fingerprint density at radius 2 is 1.85 bits per heavy atom. The van der Waals surface area contributed by atoms with E-state index in [2.05, 4.69) is 11.4 Å². The molecular formula is C21H24N2O3. The molecule has 0 aromatic heterocycles. The van der Waals surface area contributed by atoms with Crippen molar-refractivity contribution in [3.8, 4) is 11.5 Å². The molecule has 2 amide bonds. The topological polar surface area (TPSA) is 50.8 Å². The van der Waals surface area contributed by atoms with E-state index in [1.807, 2.05) is 47.4 Å². The number of nitrogens with one attached hydrogen (secondary N) is 1. The number of carbonyl (C=O) groups is 1. The molecule has 1 atom stereocenters. The van der Waals surface area contributed by atoms with E-state index in [1.54, 1.807) is 0 Å². The maximum atomic E-state index is 12.7. The van der Waals surface area contributed by atoms with Crippen molar-refractivity contribution in [1.29, 1.82) is 0 Å². The minimum absolute atomic E-state index is 0.0107. The van der Waals surface area contributed by atoms with E-state index in [0.29, 0.717) is 19.8 Å². The van der Waals surface area contributed by atoms with Crippen LogP contribution in [0.4, 0.5) is 4.79 Å². The Hall–Kier alpha value is -2.69. The minimum Gasteiger partial charge on any atom is -0.490 e. The van der Waals surface area contributed by atoms with Crippen molar-refractivity contribution < 1.29 is 14.3 Å². The summed E-state index contributed by atoms with van der Waals surface area (Å²) in [5.41, 5.74) is 2.22. The lowest BCUT2D eigenvalue weighted by atomic mass is 10.0. The highest BCUT2D eigenvalue weighted by Crippen LogP contribution is 2.37. The van der Waals surface area contributed by atoms with Crippen LogP contribution < -0.4 is 14.8 Å². The Labute approximate surface area is 153 Å². The van der Waals surface area contributed by atoms with Crippen molar-refractivity contribution in [1.82, 2.24) is 10.2 Å². The third-order valence-corrected chi connectivity index (χ3v) is 4.96. The van der Waals surface area contributed by atoms with Gasteiger partial charge in [-0.15, -0.1) is 0 Å². The fourth-order valence-corrected chi connectivity index (χ4v) is 3.62. The summed E-state index contributed by atoms with van der Waals surface area (Å²) in [6, 6.07) is 16.1. The Morgan fingerprint density at radius 3 is 2.69 bits per heavy atom. The number of carbonyl (C=O) groups excluding carboxylic acids is 1. The average molecular weight is 352 g/mol. The first-order valence-electron chi connectivity index (χ1n) is 9.29. The van der Waals surface area contributed by atoms with Crippen molar-refractivity contribution in [3.63, 3.8) is 0 Å². The summed E-state index contributed by atoms with van der Waals surface area (Å²) in [5, 5.41) is 3.04. The van der Waals surface area contributed by atoms with Gasteiger partial charge in [-0.2, -0.15) is 0 Å². The number of hydrogen-bond donors (Lipinski definition) is 1. The molecule has 1 N–H and O–H groups in total. The van der Waals surface area contributed by atoms with E-state index in [-0.39, 0.29) is 12.1 Å². The molecule has 2 aliphatic rings. The number of hydrogen-bond acceptors (Lipinski definition) is 3. The predicted molar refractivity (Wildman–Crippen MR) is 99.4 cm³/mol. The number of rotatable bonds is 3. The second-order valence-electron chi connectivity index (χ2n) is 6.75. The number of likely N-dealkylation sites (tertiary alicyclic amines) is 1. The molecule has 5 heteroatoms. The zero-order valence-corrected chi connectivity index (χ0v) is 14.8. The van der Waals surface area contributed by atoms with E-state index >= 15 is 0 Å². The molecule has 2 aromatic carbocycles. The van der Waals surface area contributed by atoms with Gasteiger partial charge in [0, 0.05) is 19.5 Å². The summed E-state index contributed by atoms with van der Waals surface area (Å²) in [6.45, 7) is 2.68. The molecule has 2 aromatic rings. The Morgan fingerprint density at radius 1 is 1.04 bits per heavy atom. The highest BCUT2D eigenvalue weighted by molar-refractivity contribution is 5.75. The van der Waals surface area contributed by atoms with E-state index in [0.717, 1.165) is 48.4 Å². The summed E-state index contributed by atoms with van der Waals surface area (Å²) >= 11 is 0. The summed E-state index contributed by atoms with van der Waals surface area (Å²) in [4.78, 5) is 14.6. The molecule has 4 rings (SSSR count). The molecule has 1 fully saturated rings. The lowest BCUT2D eigenvalue weighted by molar-refractivity contribution is 0.192. The van der Waals surface area contributed by atoms with Crippen molar-refractivity contribution in [2.45, 2.75) is 31.8 Å². The first-order chi connectivity index (χ1) is 12.8. The fourth-order valence-electron chi connectivity index (χ4n) is 3.62. The average Bonchev–Trinajstić information content (AvgIpc) is 3.06. The molecule has 0 spiro atoms. The van der Waals surface area contributed by atoms with Crippen LogP contribution >= 0.6 is 0 Å². The van der Waals surface area contributed by atoms with Crippen LogP contribution in [0.3, 0.4) is 0 Å². The third-order valence-electron chi connectivity index (χ3n) is 4.96. The van der Waals surface area contributed by atoms with E-state index in [1.165, 1.54) is 0 Å². The van der Waals surface area contributed by atoms with Gasteiger partial charge in [0.15, 0.2) is 11.5 Å². The third kappa shape index (κ3) is 3.62. The summed E-state index contributed by atoms with van der Waals surface area (Å²) in [7, 11) is 0. The van der Waals surface area contributed by atoms with Crippen LogP contribution in [0.2, 0.25) is 0 Å². The summed E-state index contributed by atoms with van der Waals surface area (Å²) in [5.74, 6) is 1.58. The van der Waals surface area contributed by atoms with E-state index < -0.39 is 0 Å². The highest BCUT2D eigenvalue weighted by Gasteiger charge is 2.30.